The van der Waals surface area contributed by atoms with Gasteiger partial charge in [0.2, 0.25) is 0 Å². The molecule has 1 aromatic rings. The van der Waals surface area contributed by atoms with Gasteiger partial charge < -0.3 is 9.84 Å². The first-order valence-corrected chi connectivity index (χ1v) is 4.08. The van der Waals surface area contributed by atoms with E-state index < -0.39 is 0 Å². The van der Waals surface area contributed by atoms with Gasteiger partial charge in [0, 0.05) is 0 Å². The summed E-state index contributed by atoms with van der Waals surface area (Å²) in [6.45, 7) is 3.60. The van der Waals surface area contributed by atoms with Crippen LogP contribution in [-0.4, -0.2) is 12.2 Å². The van der Waals surface area contributed by atoms with Crippen molar-refractivity contribution in [3.8, 4) is 11.5 Å². The van der Waals surface area contributed by atoms with Crippen LogP contribution in [0, 0.1) is 6.42 Å². The molecule has 0 aliphatic carbocycles. The van der Waals surface area contributed by atoms with Crippen molar-refractivity contribution >= 4 is 0 Å². The van der Waals surface area contributed by atoms with Crippen LogP contribution in [0.1, 0.15) is 5.56 Å². The molecule has 2 nitrogen and oxygen atoms in total. The number of hydrogen-bond acceptors (Lipinski definition) is 2. The van der Waals surface area contributed by atoms with Crippen LogP contribution in [0.5, 0.6) is 11.5 Å². The number of methoxy groups -OCH3 is 1. The molecule has 0 heterocycles. The van der Waals surface area contributed by atoms with E-state index in [4.69, 9.17) is 4.74 Å². The van der Waals surface area contributed by atoms with Crippen molar-refractivity contribution in [2.45, 2.75) is 6.42 Å². The van der Waals surface area contributed by atoms with E-state index in [1.165, 1.54) is 7.11 Å². The van der Waals surface area contributed by atoms with Crippen LogP contribution in [0.3, 0.4) is 0 Å². The van der Waals surface area contributed by atoms with Crippen molar-refractivity contribution in [3.05, 3.63) is 42.8 Å². The molecule has 1 rings (SSSR count). The average molecular weight is 177 g/mol. The molecule has 1 N–H and O–H groups in total. The fourth-order valence-corrected chi connectivity index (χ4v) is 1.07. The topological polar surface area (TPSA) is 29.5 Å². The highest BCUT2D eigenvalue weighted by Gasteiger charge is 2.01. The van der Waals surface area contributed by atoms with E-state index in [0.29, 0.717) is 5.75 Å². The number of allylic oxidation sites excluding steroid dienone is 1. The quantitative estimate of drug-likeness (QED) is 0.764. The molecule has 0 saturated heterocycles. The smallest absolute Gasteiger partial charge is 0.160 e. The van der Waals surface area contributed by atoms with Crippen LogP contribution in [0.25, 0.3) is 0 Å². The Morgan fingerprint density at radius 2 is 2.31 bits per heavy atom. The summed E-state index contributed by atoms with van der Waals surface area (Å²) in [4.78, 5) is 0. The molecular weight excluding hydrogens is 164 g/mol. The number of phenolic OH excluding ortho intramolecular Hbond substituents is 1. The molecule has 69 valence electrons. The number of hydrogen-bond donors (Lipinski definition) is 1. The van der Waals surface area contributed by atoms with E-state index in [1.54, 1.807) is 12.1 Å². The van der Waals surface area contributed by atoms with Crippen LogP contribution >= 0.6 is 0 Å². The zero-order chi connectivity index (χ0) is 9.68. The molecule has 0 bridgehead atoms. The van der Waals surface area contributed by atoms with Gasteiger partial charge in [-0.1, -0.05) is 12.1 Å². The van der Waals surface area contributed by atoms with Crippen molar-refractivity contribution in [2.24, 2.45) is 0 Å². The minimum absolute atomic E-state index is 0.171. The number of rotatable bonds is 4. The third-order valence-electron chi connectivity index (χ3n) is 1.76. The van der Waals surface area contributed by atoms with Crippen molar-refractivity contribution in [2.75, 3.05) is 7.11 Å². The maximum atomic E-state index is 9.31. The number of ether oxygens (including phenoxy) is 1. The Labute approximate surface area is 78.5 Å². The van der Waals surface area contributed by atoms with Gasteiger partial charge >= 0.3 is 0 Å². The van der Waals surface area contributed by atoms with Crippen LogP contribution < -0.4 is 4.74 Å². The summed E-state index contributed by atoms with van der Waals surface area (Å²) < 4.78 is 4.98. The van der Waals surface area contributed by atoms with Crippen LogP contribution in [0.4, 0.5) is 0 Å². The van der Waals surface area contributed by atoms with Gasteiger partial charge in [0.15, 0.2) is 11.5 Å². The lowest BCUT2D eigenvalue weighted by Gasteiger charge is -2.05. The van der Waals surface area contributed by atoms with Gasteiger partial charge in [0.1, 0.15) is 0 Å². The fourth-order valence-electron chi connectivity index (χ4n) is 1.07. The first-order chi connectivity index (χ1) is 6.27. The summed E-state index contributed by atoms with van der Waals surface area (Å²) in [7, 11) is 1.54. The lowest BCUT2D eigenvalue weighted by Crippen LogP contribution is -1.88. The molecule has 0 unspecified atom stereocenters. The fraction of sp³-hybridized carbons (Fsp3) is 0.182. The van der Waals surface area contributed by atoms with E-state index in [-0.39, 0.29) is 5.75 Å². The largest absolute Gasteiger partial charge is 0.504 e. The Hall–Kier alpha value is -1.44. The predicted molar refractivity (Wildman–Crippen MR) is 52.9 cm³/mol. The van der Waals surface area contributed by atoms with E-state index in [1.807, 2.05) is 18.6 Å². The number of benzene rings is 1. The maximum absolute atomic E-state index is 9.31. The van der Waals surface area contributed by atoms with E-state index >= 15 is 0 Å². The van der Waals surface area contributed by atoms with Crippen molar-refractivity contribution in [3.63, 3.8) is 0 Å². The lowest BCUT2D eigenvalue weighted by atomic mass is 10.1. The third kappa shape index (κ3) is 2.51. The molecule has 0 saturated carbocycles. The zero-order valence-electron chi connectivity index (χ0n) is 7.66. The summed E-state index contributed by atoms with van der Waals surface area (Å²) >= 11 is 0. The van der Waals surface area contributed by atoms with Gasteiger partial charge in [-0.15, -0.1) is 6.58 Å². The molecule has 0 atom stereocenters. The summed E-state index contributed by atoms with van der Waals surface area (Å²) in [5.74, 6) is 0.680. The SMILES string of the molecule is C=C[CH]Cc1ccc(O)c(OC)c1. The van der Waals surface area contributed by atoms with Crippen molar-refractivity contribution in [1.29, 1.82) is 0 Å². The minimum atomic E-state index is 0.171. The molecule has 0 aromatic heterocycles. The van der Waals surface area contributed by atoms with Crippen molar-refractivity contribution < 1.29 is 9.84 Å². The molecule has 0 aliphatic rings. The summed E-state index contributed by atoms with van der Waals surface area (Å²) in [5, 5.41) is 9.31. The molecule has 13 heavy (non-hydrogen) atoms. The normalized spacial score (nSPS) is 9.62. The standard InChI is InChI=1S/C11H13O2/c1-3-4-5-9-6-7-10(12)11(8-9)13-2/h3-4,6-8,12H,1,5H2,2H3. The molecule has 0 spiro atoms. The van der Waals surface area contributed by atoms with Gasteiger partial charge in [0.25, 0.3) is 0 Å². The highest BCUT2D eigenvalue weighted by atomic mass is 16.5. The summed E-state index contributed by atoms with van der Waals surface area (Å²) in [6.07, 6.45) is 4.51. The van der Waals surface area contributed by atoms with E-state index in [0.717, 1.165) is 12.0 Å². The number of aromatic hydroxyl groups is 1. The van der Waals surface area contributed by atoms with Crippen LogP contribution in [0.15, 0.2) is 30.9 Å². The molecule has 0 aliphatic heterocycles. The highest BCUT2D eigenvalue weighted by molar-refractivity contribution is 5.42. The maximum Gasteiger partial charge on any atom is 0.160 e. The first-order valence-electron chi connectivity index (χ1n) is 4.08. The lowest BCUT2D eigenvalue weighted by molar-refractivity contribution is 0.373. The Kier molecular flexibility index (Phi) is 3.38. The Morgan fingerprint density at radius 1 is 1.54 bits per heavy atom. The number of phenols is 1. The second-order valence-electron chi connectivity index (χ2n) is 2.68. The van der Waals surface area contributed by atoms with Crippen LogP contribution in [-0.2, 0) is 6.42 Å². The Balaban J connectivity index is 2.79. The van der Waals surface area contributed by atoms with Gasteiger partial charge in [0.05, 0.1) is 7.11 Å². The summed E-state index contributed by atoms with van der Waals surface area (Å²) in [6, 6.07) is 5.30. The van der Waals surface area contributed by atoms with Crippen molar-refractivity contribution in [1.82, 2.24) is 0 Å². The monoisotopic (exact) mass is 177 g/mol. The van der Waals surface area contributed by atoms with Gasteiger partial charge in [-0.25, -0.2) is 0 Å². The second-order valence-corrected chi connectivity index (χ2v) is 2.68. The average Bonchev–Trinajstić information content (AvgIpc) is 2.16. The highest BCUT2D eigenvalue weighted by Crippen LogP contribution is 2.26. The molecule has 1 radical (unpaired) electrons. The Morgan fingerprint density at radius 3 is 2.92 bits per heavy atom. The van der Waals surface area contributed by atoms with Gasteiger partial charge in [-0.3, -0.25) is 0 Å². The molecule has 0 fully saturated rings. The summed E-state index contributed by atoms with van der Waals surface area (Å²) in [5.41, 5.74) is 1.09. The first kappa shape index (κ1) is 9.65. The molecule has 0 amide bonds. The third-order valence-corrected chi connectivity index (χ3v) is 1.76. The van der Waals surface area contributed by atoms with Gasteiger partial charge in [-0.2, -0.15) is 0 Å². The Bertz CT molecular complexity index is 292. The second kappa shape index (κ2) is 4.55. The molecule has 2 heteroatoms. The van der Waals surface area contributed by atoms with E-state index in [9.17, 15) is 5.11 Å². The predicted octanol–water partition coefficient (Wildman–Crippen LogP) is 2.33. The minimum Gasteiger partial charge on any atom is -0.504 e. The molecular formula is C11H13O2. The van der Waals surface area contributed by atoms with E-state index in [2.05, 4.69) is 6.58 Å². The van der Waals surface area contributed by atoms with Crippen LogP contribution in [0.2, 0.25) is 0 Å². The zero-order valence-corrected chi connectivity index (χ0v) is 7.66. The molecule has 1 aromatic carbocycles. The van der Waals surface area contributed by atoms with Gasteiger partial charge in [-0.05, 0) is 30.5 Å².